The number of rotatable bonds is 8. The van der Waals surface area contributed by atoms with Crippen molar-refractivity contribution in [1.29, 1.82) is 0 Å². The first-order chi connectivity index (χ1) is 14.3. The van der Waals surface area contributed by atoms with E-state index in [1.54, 1.807) is 0 Å². The van der Waals surface area contributed by atoms with Gasteiger partial charge in [0, 0.05) is 43.2 Å². The van der Waals surface area contributed by atoms with E-state index < -0.39 is 0 Å². The van der Waals surface area contributed by atoms with Gasteiger partial charge in [0.05, 0.1) is 0 Å². The molecule has 1 aliphatic rings. The Kier molecular flexibility index (Phi) is 7.70. The fraction of sp³-hybridized carbons (Fsp3) is 0.600. The van der Waals surface area contributed by atoms with Gasteiger partial charge in [-0.1, -0.05) is 19.4 Å². The van der Waals surface area contributed by atoms with Crippen molar-refractivity contribution in [3.8, 4) is 5.75 Å². The van der Waals surface area contributed by atoms with Crippen LogP contribution in [0.25, 0.3) is 10.9 Å². The van der Waals surface area contributed by atoms with Gasteiger partial charge in [-0.15, -0.1) is 0 Å². The van der Waals surface area contributed by atoms with Crippen molar-refractivity contribution in [2.45, 2.75) is 77.9 Å². The van der Waals surface area contributed by atoms with Crippen molar-refractivity contribution >= 4 is 16.8 Å². The maximum atomic E-state index is 12.1. The molecule has 1 aromatic carbocycles. The topological polar surface area (TPSA) is 54.5 Å². The minimum Gasteiger partial charge on any atom is -0.488 e. The van der Waals surface area contributed by atoms with Crippen LogP contribution < -0.4 is 10.1 Å². The first-order valence-electron chi connectivity index (χ1n) is 11.4. The number of nitrogens with one attached hydrogen (secondary N) is 1. The summed E-state index contributed by atoms with van der Waals surface area (Å²) in [4.78, 5) is 19.0. The number of aromatic nitrogens is 1. The van der Waals surface area contributed by atoms with E-state index >= 15 is 0 Å². The van der Waals surface area contributed by atoms with Crippen LogP contribution in [-0.2, 0) is 11.2 Å². The number of pyridine rings is 1. The predicted molar refractivity (Wildman–Crippen MR) is 123 cm³/mol. The molecule has 1 aliphatic heterocycles. The third-order valence-electron chi connectivity index (χ3n) is 5.55. The fourth-order valence-corrected chi connectivity index (χ4v) is 4.00. The number of unbranched alkanes of at least 4 members (excludes halogenated alkanes) is 1. The van der Waals surface area contributed by atoms with Gasteiger partial charge in [-0.3, -0.25) is 9.78 Å². The highest BCUT2D eigenvalue weighted by molar-refractivity contribution is 5.85. The molecule has 5 heteroatoms. The summed E-state index contributed by atoms with van der Waals surface area (Å²) in [6.45, 7) is 11.0. The maximum Gasteiger partial charge on any atom is 0.221 e. The van der Waals surface area contributed by atoms with Crippen LogP contribution in [0.15, 0.2) is 30.5 Å². The van der Waals surface area contributed by atoms with Crippen molar-refractivity contribution in [3.05, 3.63) is 36.0 Å². The van der Waals surface area contributed by atoms with Crippen LogP contribution in [0.2, 0.25) is 0 Å². The van der Waals surface area contributed by atoms with Crippen molar-refractivity contribution in [3.63, 3.8) is 0 Å². The molecule has 0 saturated carbocycles. The minimum atomic E-state index is -0.166. The quantitative estimate of drug-likeness (QED) is 0.683. The smallest absolute Gasteiger partial charge is 0.221 e. The van der Waals surface area contributed by atoms with Crippen LogP contribution in [-0.4, -0.2) is 47.1 Å². The number of hydrogen-bond acceptors (Lipinski definition) is 4. The lowest BCUT2D eigenvalue weighted by Gasteiger charge is -2.32. The van der Waals surface area contributed by atoms with E-state index in [9.17, 15) is 4.79 Å². The Morgan fingerprint density at radius 2 is 2.03 bits per heavy atom. The zero-order valence-electron chi connectivity index (χ0n) is 19.0. The molecular formula is C25H37N3O2. The first kappa shape index (κ1) is 22.5. The number of ether oxygens (including phenoxy) is 1. The number of likely N-dealkylation sites (tertiary alicyclic amines) is 1. The van der Waals surface area contributed by atoms with Crippen LogP contribution in [0.5, 0.6) is 5.75 Å². The van der Waals surface area contributed by atoms with E-state index in [2.05, 4.69) is 40.3 Å². The second-order valence-corrected chi connectivity index (χ2v) is 9.48. The highest BCUT2D eigenvalue weighted by Gasteiger charge is 2.22. The van der Waals surface area contributed by atoms with E-state index in [4.69, 9.17) is 4.74 Å². The lowest BCUT2D eigenvalue weighted by Crippen LogP contribution is -2.43. The SMILES string of the molecule is CCCCc1cc(OC2CCN(CCC(=O)NC(C)(C)C)CC2)c2ncccc2c1. The fourth-order valence-electron chi connectivity index (χ4n) is 4.00. The molecule has 0 bridgehead atoms. The molecule has 5 nitrogen and oxygen atoms in total. The number of nitrogens with zero attached hydrogens (tertiary/aromatic N) is 2. The summed E-state index contributed by atoms with van der Waals surface area (Å²) in [6, 6.07) is 8.55. The van der Waals surface area contributed by atoms with Crippen LogP contribution in [0, 0.1) is 0 Å². The Hall–Kier alpha value is -2.14. The van der Waals surface area contributed by atoms with E-state index in [0.29, 0.717) is 6.42 Å². The van der Waals surface area contributed by atoms with Gasteiger partial charge in [0.25, 0.3) is 0 Å². The molecule has 0 aliphatic carbocycles. The molecule has 1 saturated heterocycles. The molecule has 0 atom stereocenters. The Morgan fingerprint density at radius 1 is 1.27 bits per heavy atom. The van der Waals surface area contributed by atoms with Crippen molar-refractivity contribution in [2.24, 2.45) is 0 Å². The Labute approximate surface area is 181 Å². The summed E-state index contributed by atoms with van der Waals surface area (Å²) >= 11 is 0. The highest BCUT2D eigenvalue weighted by Crippen LogP contribution is 2.29. The first-order valence-corrected chi connectivity index (χ1v) is 11.4. The van der Waals surface area contributed by atoms with Gasteiger partial charge in [0.1, 0.15) is 17.4 Å². The number of fused-ring (bicyclic) bond motifs is 1. The van der Waals surface area contributed by atoms with Gasteiger partial charge in [-0.05, 0) is 70.2 Å². The number of benzene rings is 1. The molecular weight excluding hydrogens is 374 g/mol. The number of hydrogen-bond donors (Lipinski definition) is 1. The molecule has 1 amide bonds. The normalized spacial score (nSPS) is 16.0. The highest BCUT2D eigenvalue weighted by atomic mass is 16.5. The lowest BCUT2D eigenvalue weighted by atomic mass is 10.0. The number of piperidine rings is 1. The van der Waals surface area contributed by atoms with Crippen molar-refractivity contribution < 1.29 is 9.53 Å². The van der Waals surface area contributed by atoms with E-state index in [-0.39, 0.29) is 17.6 Å². The molecule has 1 N–H and O–H groups in total. The van der Waals surface area contributed by atoms with Crippen LogP contribution >= 0.6 is 0 Å². The lowest BCUT2D eigenvalue weighted by molar-refractivity contribution is -0.122. The Morgan fingerprint density at radius 3 is 2.73 bits per heavy atom. The molecule has 30 heavy (non-hydrogen) atoms. The zero-order valence-corrected chi connectivity index (χ0v) is 19.0. The van der Waals surface area contributed by atoms with Crippen LogP contribution in [0.3, 0.4) is 0 Å². The van der Waals surface area contributed by atoms with Gasteiger partial charge < -0.3 is 15.0 Å². The predicted octanol–water partition coefficient (Wildman–Crippen LogP) is 4.73. The molecule has 3 rings (SSSR count). The summed E-state index contributed by atoms with van der Waals surface area (Å²) in [7, 11) is 0. The second-order valence-electron chi connectivity index (χ2n) is 9.48. The average Bonchev–Trinajstić information content (AvgIpc) is 2.70. The molecule has 164 valence electrons. The number of amides is 1. The zero-order chi connectivity index (χ0) is 21.6. The summed E-state index contributed by atoms with van der Waals surface area (Å²) in [5.74, 6) is 1.05. The minimum absolute atomic E-state index is 0.127. The number of carbonyl (C=O) groups is 1. The largest absolute Gasteiger partial charge is 0.488 e. The molecule has 1 aromatic heterocycles. The molecule has 2 heterocycles. The van der Waals surface area contributed by atoms with Crippen LogP contribution in [0.4, 0.5) is 0 Å². The number of aryl methyl sites for hydroxylation is 1. The van der Waals surface area contributed by atoms with Gasteiger partial charge in [-0.2, -0.15) is 0 Å². The standard InChI is InChI=1S/C25H37N3O2/c1-5-6-8-19-17-20-9-7-13-26-24(20)22(18-19)30-21-10-14-28(15-11-21)16-12-23(29)27-25(2,3)4/h7,9,13,17-18,21H,5-6,8,10-12,14-16H2,1-4H3,(H,27,29). The third kappa shape index (κ3) is 6.69. The third-order valence-corrected chi connectivity index (χ3v) is 5.55. The molecule has 0 unspecified atom stereocenters. The van der Waals surface area contributed by atoms with E-state index in [1.807, 2.05) is 33.0 Å². The summed E-state index contributed by atoms with van der Waals surface area (Å²) in [5.41, 5.74) is 2.12. The summed E-state index contributed by atoms with van der Waals surface area (Å²) in [5, 5.41) is 4.20. The van der Waals surface area contributed by atoms with Crippen LogP contribution in [0.1, 0.15) is 65.4 Å². The van der Waals surface area contributed by atoms with E-state index in [1.165, 1.54) is 18.4 Å². The summed E-state index contributed by atoms with van der Waals surface area (Å²) < 4.78 is 6.46. The Balaban J connectivity index is 1.55. The monoisotopic (exact) mass is 411 g/mol. The van der Waals surface area contributed by atoms with Crippen molar-refractivity contribution in [2.75, 3.05) is 19.6 Å². The second kappa shape index (κ2) is 10.3. The molecule has 2 aromatic rings. The van der Waals surface area contributed by atoms with Gasteiger partial charge in [0.15, 0.2) is 0 Å². The Bertz CT molecular complexity index is 836. The molecule has 0 spiro atoms. The number of carbonyl (C=O) groups excluding carboxylic acids is 1. The average molecular weight is 412 g/mol. The van der Waals surface area contributed by atoms with Crippen molar-refractivity contribution in [1.82, 2.24) is 15.2 Å². The van der Waals surface area contributed by atoms with Gasteiger partial charge in [-0.25, -0.2) is 0 Å². The molecule has 1 fully saturated rings. The summed E-state index contributed by atoms with van der Waals surface area (Å²) in [6.07, 6.45) is 8.01. The van der Waals surface area contributed by atoms with E-state index in [0.717, 1.165) is 55.5 Å². The van der Waals surface area contributed by atoms with Gasteiger partial charge >= 0.3 is 0 Å². The van der Waals surface area contributed by atoms with Gasteiger partial charge in [0.2, 0.25) is 5.91 Å². The molecule has 0 radical (unpaired) electrons. The maximum absolute atomic E-state index is 12.1.